The predicted octanol–water partition coefficient (Wildman–Crippen LogP) is 4.45. The highest BCUT2D eigenvalue weighted by Gasteiger charge is 2.22. The third-order valence-corrected chi connectivity index (χ3v) is 6.95. The first-order chi connectivity index (χ1) is 17.2. The molecule has 0 spiro atoms. The minimum Gasteiger partial charge on any atom is -0.368 e. The van der Waals surface area contributed by atoms with Gasteiger partial charge in [-0.25, -0.2) is 0 Å². The summed E-state index contributed by atoms with van der Waals surface area (Å²) in [6, 6.07) is 23.1. The van der Waals surface area contributed by atoms with Crippen LogP contribution in [-0.4, -0.2) is 54.3 Å². The van der Waals surface area contributed by atoms with Gasteiger partial charge in [-0.15, -0.1) is 0 Å². The molecule has 2 saturated heterocycles. The first kappa shape index (κ1) is 23.4. The van der Waals surface area contributed by atoms with E-state index in [4.69, 9.17) is 22.2 Å². The minimum atomic E-state index is 0.0866. The summed E-state index contributed by atoms with van der Waals surface area (Å²) in [4.78, 5) is 16.8. The van der Waals surface area contributed by atoms with Crippen molar-refractivity contribution in [2.45, 2.75) is 25.8 Å². The second-order valence-corrected chi connectivity index (χ2v) is 9.55. The lowest BCUT2D eigenvalue weighted by Gasteiger charge is -2.37. The van der Waals surface area contributed by atoms with E-state index < -0.39 is 0 Å². The number of rotatable bonds is 6. The number of benzene rings is 2. The van der Waals surface area contributed by atoms with Crippen molar-refractivity contribution in [3.63, 3.8) is 0 Å². The Morgan fingerprint density at radius 3 is 1.94 bits per heavy atom. The molecule has 2 aliphatic rings. The van der Waals surface area contributed by atoms with Crippen LogP contribution in [0.4, 0.5) is 23.3 Å². The van der Waals surface area contributed by atoms with Crippen molar-refractivity contribution in [3.8, 4) is 0 Å². The molecule has 0 radical (unpaired) electrons. The number of para-hydroxylation sites is 1. The number of hydrogen-bond acceptors (Lipinski definition) is 6. The molecule has 7 nitrogen and oxygen atoms in total. The molecule has 1 atom stereocenters. The molecule has 3 aromatic rings. The van der Waals surface area contributed by atoms with E-state index in [-0.39, 0.29) is 6.04 Å². The lowest BCUT2D eigenvalue weighted by molar-refractivity contribution is 0.647. The van der Waals surface area contributed by atoms with Gasteiger partial charge in [-0.3, -0.25) is 0 Å². The van der Waals surface area contributed by atoms with Crippen LogP contribution in [-0.2, 0) is 0 Å². The summed E-state index contributed by atoms with van der Waals surface area (Å²) in [5.41, 5.74) is 2.46. The zero-order valence-corrected chi connectivity index (χ0v) is 21.0. The fraction of sp³-hybridized carbons (Fsp3) is 0.370. The number of nitrogens with zero attached hydrogens (tertiary/aromatic N) is 5. The Morgan fingerprint density at radius 2 is 1.31 bits per heavy atom. The summed E-state index contributed by atoms with van der Waals surface area (Å²) in [5, 5.41) is 7.15. The van der Waals surface area contributed by atoms with E-state index in [0.717, 1.165) is 50.9 Å². The van der Waals surface area contributed by atoms with Gasteiger partial charge in [-0.1, -0.05) is 48.5 Å². The van der Waals surface area contributed by atoms with E-state index in [1.807, 2.05) is 18.2 Å². The Balaban J connectivity index is 1.30. The van der Waals surface area contributed by atoms with Crippen LogP contribution in [0, 0.1) is 0 Å². The maximum Gasteiger partial charge on any atom is 0.232 e. The highest BCUT2D eigenvalue weighted by molar-refractivity contribution is 7.80. The number of piperazine rings is 1. The van der Waals surface area contributed by atoms with Crippen LogP contribution in [0.2, 0.25) is 0 Å². The van der Waals surface area contributed by atoms with Crippen molar-refractivity contribution in [2.24, 2.45) is 0 Å². The summed E-state index contributed by atoms with van der Waals surface area (Å²) >= 11 is 5.62. The van der Waals surface area contributed by atoms with E-state index in [1.165, 1.54) is 24.1 Å². The number of thiocarbonyl (C=S) groups is 1. The fourth-order valence-electron chi connectivity index (χ4n) is 4.74. The van der Waals surface area contributed by atoms with Gasteiger partial charge >= 0.3 is 0 Å². The van der Waals surface area contributed by atoms with Crippen LogP contribution in [0.1, 0.15) is 31.4 Å². The molecule has 0 amide bonds. The Kier molecular flexibility index (Phi) is 7.28. The fourth-order valence-corrected chi connectivity index (χ4v) is 5.01. The van der Waals surface area contributed by atoms with Gasteiger partial charge in [0.2, 0.25) is 5.95 Å². The van der Waals surface area contributed by atoms with Crippen LogP contribution in [0.25, 0.3) is 0 Å². The molecule has 0 aliphatic carbocycles. The van der Waals surface area contributed by atoms with Gasteiger partial charge in [0.25, 0.3) is 0 Å². The van der Waals surface area contributed by atoms with Crippen LogP contribution >= 0.6 is 12.2 Å². The van der Waals surface area contributed by atoms with E-state index in [1.54, 1.807) is 0 Å². The van der Waals surface area contributed by atoms with Gasteiger partial charge in [0.1, 0.15) is 11.6 Å². The molecule has 2 N–H and O–H groups in total. The highest BCUT2D eigenvalue weighted by Crippen LogP contribution is 2.26. The average Bonchev–Trinajstić information content (AvgIpc) is 3.45. The zero-order valence-electron chi connectivity index (χ0n) is 20.2. The molecule has 35 heavy (non-hydrogen) atoms. The standard InChI is InChI=1S/C27H33N7S/c1-21(22-10-4-2-5-11-22)28-27(35)31-26-29-24(33-14-8-9-15-33)20-25(30-26)34-18-16-32(17-19-34)23-12-6-3-7-13-23/h2-7,10-13,20-21H,8-9,14-19H2,1H3,(H2,28,29,30,31,35)/t21-/m1/s1. The van der Waals surface area contributed by atoms with Crippen LogP contribution in [0.3, 0.4) is 0 Å². The lowest BCUT2D eigenvalue weighted by atomic mass is 10.1. The highest BCUT2D eigenvalue weighted by atomic mass is 32.1. The summed E-state index contributed by atoms with van der Waals surface area (Å²) in [6.45, 7) is 7.92. The van der Waals surface area contributed by atoms with Crippen molar-refractivity contribution < 1.29 is 0 Å². The summed E-state index contributed by atoms with van der Waals surface area (Å²) in [6.07, 6.45) is 2.40. The maximum atomic E-state index is 5.62. The van der Waals surface area contributed by atoms with E-state index in [9.17, 15) is 0 Å². The van der Waals surface area contributed by atoms with Gasteiger partial charge in [0.15, 0.2) is 5.11 Å². The predicted molar refractivity (Wildman–Crippen MR) is 149 cm³/mol. The third kappa shape index (κ3) is 5.82. The second-order valence-electron chi connectivity index (χ2n) is 9.14. The normalized spacial score (nSPS) is 16.8. The number of hydrogen-bond donors (Lipinski definition) is 2. The molecule has 0 unspecified atom stereocenters. The van der Waals surface area contributed by atoms with Crippen LogP contribution in [0.5, 0.6) is 0 Å². The molecule has 2 fully saturated rings. The number of anilines is 4. The van der Waals surface area contributed by atoms with Crippen molar-refractivity contribution in [2.75, 3.05) is 59.3 Å². The van der Waals surface area contributed by atoms with Gasteiger partial charge in [0, 0.05) is 51.0 Å². The quantitative estimate of drug-likeness (QED) is 0.495. The lowest BCUT2D eigenvalue weighted by Crippen LogP contribution is -2.47. The first-order valence-corrected chi connectivity index (χ1v) is 12.9. The molecule has 182 valence electrons. The number of nitrogens with one attached hydrogen (secondary N) is 2. The molecule has 5 rings (SSSR count). The summed E-state index contributed by atoms with van der Waals surface area (Å²) in [7, 11) is 0. The molecule has 0 saturated carbocycles. The maximum absolute atomic E-state index is 5.62. The third-order valence-electron chi connectivity index (χ3n) is 6.73. The van der Waals surface area contributed by atoms with Gasteiger partial charge < -0.3 is 25.3 Å². The van der Waals surface area contributed by atoms with Crippen molar-refractivity contribution in [1.82, 2.24) is 15.3 Å². The van der Waals surface area contributed by atoms with Gasteiger partial charge in [-0.05, 0) is 49.7 Å². The van der Waals surface area contributed by atoms with E-state index in [2.05, 4.69) is 80.8 Å². The largest absolute Gasteiger partial charge is 0.368 e. The Hall–Kier alpha value is -3.39. The smallest absolute Gasteiger partial charge is 0.232 e. The summed E-state index contributed by atoms with van der Waals surface area (Å²) in [5.74, 6) is 2.48. The molecule has 2 aromatic carbocycles. The van der Waals surface area contributed by atoms with Crippen molar-refractivity contribution >= 4 is 40.6 Å². The van der Waals surface area contributed by atoms with Gasteiger partial charge in [-0.2, -0.15) is 9.97 Å². The monoisotopic (exact) mass is 487 g/mol. The SMILES string of the molecule is C[C@@H](NC(=S)Nc1nc(N2CCCC2)cc(N2CCN(c3ccccc3)CC2)n1)c1ccccc1. The molecule has 3 heterocycles. The molecule has 0 bridgehead atoms. The first-order valence-electron chi connectivity index (χ1n) is 12.5. The molecule has 2 aliphatic heterocycles. The number of aromatic nitrogens is 2. The van der Waals surface area contributed by atoms with E-state index in [0.29, 0.717) is 11.1 Å². The Bertz CT molecular complexity index is 1110. The van der Waals surface area contributed by atoms with Crippen LogP contribution in [0.15, 0.2) is 66.7 Å². The molecular formula is C27H33N7S. The zero-order chi connectivity index (χ0) is 24.0. The second kappa shape index (κ2) is 10.9. The topological polar surface area (TPSA) is 59.6 Å². The van der Waals surface area contributed by atoms with Crippen molar-refractivity contribution in [3.05, 3.63) is 72.3 Å². The van der Waals surface area contributed by atoms with E-state index >= 15 is 0 Å². The Labute approximate surface area is 213 Å². The molecular weight excluding hydrogens is 454 g/mol. The molecule has 1 aromatic heterocycles. The average molecular weight is 488 g/mol. The molecule has 8 heteroatoms. The summed E-state index contributed by atoms with van der Waals surface area (Å²) < 4.78 is 0. The minimum absolute atomic E-state index is 0.0866. The van der Waals surface area contributed by atoms with Crippen molar-refractivity contribution in [1.29, 1.82) is 0 Å². The van der Waals surface area contributed by atoms with Crippen LogP contribution < -0.4 is 25.3 Å². The Morgan fingerprint density at radius 1 is 0.771 bits per heavy atom. The van der Waals surface area contributed by atoms with Gasteiger partial charge in [0.05, 0.1) is 6.04 Å².